The maximum Gasteiger partial charge on any atom is 0.337 e. The summed E-state index contributed by atoms with van der Waals surface area (Å²) in [6.45, 7) is 3.02. The Kier molecular flexibility index (Phi) is 5.27. The minimum Gasteiger partial charge on any atom is -0.497 e. The summed E-state index contributed by atoms with van der Waals surface area (Å²) in [6.07, 6.45) is 4.00. The van der Waals surface area contributed by atoms with Crippen LogP contribution in [0.5, 0.6) is 11.5 Å². The van der Waals surface area contributed by atoms with E-state index in [0.29, 0.717) is 5.56 Å². The topological polar surface area (TPSA) is 48.0 Å². The Bertz CT molecular complexity index is 838. The van der Waals surface area contributed by atoms with Crippen LogP contribution in [0.4, 0.5) is 0 Å². The normalized spacial score (nSPS) is 18.2. The van der Waals surface area contributed by atoms with Crippen molar-refractivity contribution in [3.05, 3.63) is 59.2 Å². The monoisotopic (exact) mass is 381 g/mol. The van der Waals surface area contributed by atoms with Crippen LogP contribution in [-0.4, -0.2) is 43.8 Å². The Balaban J connectivity index is 1.37. The van der Waals surface area contributed by atoms with Gasteiger partial charge in [-0.25, -0.2) is 4.79 Å². The highest BCUT2D eigenvalue weighted by Gasteiger charge is 2.39. The molecule has 0 atom stereocenters. The van der Waals surface area contributed by atoms with Crippen molar-refractivity contribution < 1.29 is 19.0 Å². The lowest BCUT2D eigenvalue weighted by Gasteiger charge is -2.44. The zero-order valence-corrected chi connectivity index (χ0v) is 16.6. The van der Waals surface area contributed by atoms with Crippen LogP contribution < -0.4 is 9.47 Å². The quantitative estimate of drug-likeness (QED) is 0.753. The van der Waals surface area contributed by atoms with Crippen LogP contribution in [0.15, 0.2) is 42.5 Å². The molecule has 0 unspecified atom stereocenters. The SMILES string of the molecule is COC(=O)c1ccc2c(c1)CCC1(CCN(Cc3ccc(OC)cc3)CC1)O2. The largest absolute Gasteiger partial charge is 0.497 e. The molecule has 148 valence electrons. The first kappa shape index (κ1) is 18.8. The molecule has 0 radical (unpaired) electrons. The molecule has 2 aromatic carbocycles. The maximum atomic E-state index is 11.7. The summed E-state index contributed by atoms with van der Waals surface area (Å²) < 4.78 is 16.5. The number of benzene rings is 2. The average molecular weight is 381 g/mol. The first-order valence-electron chi connectivity index (χ1n) is 9.86. The van der Waals surface area contributed by atoms with Gasteiger partial charge >= 0.3 is 5.97 Å². The van der Waals surface area contributed by atoms with Crippen molar-refractivity contribution in [1.29, 1.82) is 0 Å². The number of methoxy groups -OCH3 is 2. The van der Waals surface area contributed by atoms with E-state index in [-0.39, 0.29) is 11.6 Å². The van der Waals surface area contributed by atoms with Gasteiger partial charge in [0.05, 0.1) is 19.8 Å². The lowest BCUT2D eigenvalue weighted by atomic mass is 9.82. The van der Waals surface area contributed by atoms with Crippen molar-refractivity contribution in [3.63, 3.8) is 0 Å². The average Bonchev–Trinajstić information content (AvgIpc) is 2.75. The molecule has 0 saturated carbocycles. The summed E-state index contributed by atoms with van der Waals surface area (Å²) in [6, 6.07) is 13.9. The van der Waals surface area contributed by atoms with Gasteiger partial charge in [0, 0.05) is 19.6 Å². The van der Waals surface area contributed by atoms with Gasteiger partial charge in [-0.1, -0.05) is 12.1 Å². The van der Waals surface area contributed by atoms with Crippen molar-refractivity contribution in [2.24, 2.45) is 0 Å². The molecule has 0 bridgehead atoms. The number of esters is 1. The molecular formula is C23H27NO4. The number of hydrogen-bond acceptors (Lipinski definition) is 5. The Hall–Kier alpha value is -2.53. The molecule has 2 aliphatic heterocycles. The van der Waals surface area contributed by atoms with E-state index in [4.69, 9.17) is 14.2 Å². The van der Waals surface area contributed by atoms with E-state index in [1.54, 1.807) is 13.2 Å². The van der Waals surface area contributed by atoms with Gasteiger partial charge in [-0.15, -0.1) is 0 Å². The van der Waals surface area contributed by atoms with Crippen molar-refractivity contribution in [2.45, 2.75) is 37.8 Å². The third kappa shape index (κ3) is 3.85. The summed E-state index contributed by atoms with van der Waals surface area (Å²) in [5.74, 6) is 1.52. The van der Waals surface area contributed by atoms with Crippen molar-refractivity contribution >= 4 is 5.97 Å². The van der Waals surface area contributed by atoms with Gasteiger partial charge < -0.3 is 14.2 Å². The smallest absolute Gasteiger partial charge is 0.337 e. The first-order valence-corrected chi connectivity index (χ1v) is 9.86. The van der Waals surface area contributed by atoms with E-state index in [1.807, 2.05) is 24.3 Å². The minimum atomic E-state index is -0.296. The first-order chi connectivity index (χ1) is 13.6. The molecule has 1 saturated heterocycles. The fraction of sp³-hybridized carbons (Fsp3) is 0.435. The summed E-state index contributed by atoms with van der Waals surface area (Å²) in [5, 5.41) is 0. The fourth-order valence-electron chi connectivity index (χ4n) is 4.23. The molecular weight excluding hydrogens is 354 g/mol. The summed E-state index contributed by atoms with van der Waals surface area (Å²) in [7, 11) is 3.10. The molecule has 0 N–H and O–H groups in total. The second kappa shape index (κ2) is 7.84. The van der Waals surface area contributed by atoms with Crippen molar-refractivity contribution in [1.82, 2.24) is 4.90 Å². The van der Waals surface area contributed by atoms with Gasteiger partial charge in [0.1, 0.15) is 17.1 Å². The Morgan fingerprint density at radius 1 is 1.07 bits per heavy atom. The molecule has 2 heterocycles. The van der Waals surface area contributed by atoms with E-state index >= 15 is 0 Å². The van der Waals surface area contributed by atoms with E-state index in [2.05, 4.69) is 17.0 Å². The molecule has 0 amide bonds. The van der Waals surface area contributed by atoms with Crippen LogP contribution in [-0.2, 0) is 17.7 Å². The zero-order chi connectivity index (χ0) is 19.6. The number of piperidine rings is 1. The second-order valence-corrected chi connectivity index (χ2v) is 7.72. The molecule has 2 aromatic rings. The molecule has 4 rings (SSSR count). The zero-order valence-electron chi connectivity index (χ0n) is 16.6. The van der Waals surface area contributed by atoms with Gasteiger partial charge in [-0.05, 0) is 67.1 Å². The number of nitrogens with zero attached hydrogens (tertiary/aromatic N) is 1. The molecule has 1 fully saturated rings. The number of hydrogen-bond donors (Lipinski definition) is 0. The van der Waals surface area contributed by atoms with Gasteiger partial charge in [-0.2, -0.15) is 0 Å². The summed E-state index contributed by atoms with van der Waals surface area (Å²) >= 11 is 0. The van der Waals surface area contributed by atoms with Gasteiger partial charge in [-0.3, -0.25) is 4.90 Å². The van der Waals surface area contributed by atoms with Gasteiger partial charge in [0.25, 0.3) is 0 Å². The maximum absolute atomic E-state index is 11.7. The molecule has 5 nitrogen and oxygen atoms in total. The second-order valence-electron chi connectivity index (χ2n) is 7.72. The third-order valence-corrected chi connectivity index (χ3v) is 5.99. The van der Waals surface area contributed by atoms with Crippen molar-refractivity contribution in [2.75, 3.05) is 27.3 Å². The number of ether oxygens (including phenoxy) is 3. The third-order valence-electron chi connectivity index (χ3n) is 5.99. The molecule has 28 heavy (non-hydrogen) atoms. The Labute approximate surface area is 166 Å². The number of rotatable bonds is 4. The van der Waals surface area contributed by atoms with E-state index in [1.165, 1.54) is 12.7 Å². The molecule has 0 aromatic heterocycles. The highest BCUT2D eigenvalue weighted by Crippen LogP contribution is 2.40. The predicted molar refractivity (Wildman–Crippen MR) is 107 cm³/mol. The van der Waals surface area contributed by atoms with Crippen molar-refractivity contribution in [3.8, 4) is 11.5 Å². The lowest BCUT2D eigenvalue weighted by Crippen LogP contribution is -2.49. The van der Waals surface area contributed by atoms with E-state index in [0.717, 1.165) is 62.4 Å². The molecule has 0 aliphatic carbocycles. The standard InChI is InChI=1S/C23H27NO4/c1-26-20-6-3-17(4-7-20)16-24-13-11-23(12-14-24)10-9-18-15-19(22(25)27-2)5-8-21(18)28-23/h3-8,15H,9-14,16H2,1-2H3. The van der Waals surface area contributed by atoms with Crippen LogP contribution in [0, 0.1) is 0 Å². The molecule has 1 spiro atoms. The number of fused-ring (bicyclic) bond motifs is 1. The molecule has 5 heteroatoms. The fourth-order valence-corrected chi connectivity index (χ4v) is 4.23. The van der Waals surface area contributed by atoms with E-state index in [9.17, 15) is 4.79 Å². The number of aryl methyl sites for hydroxylation is 1. The van der Waals surface area contributed by atoms with Crippen LogP contribution >= 0.6 is 0 Å². The van der Waals surface area contributed by atoms with Gasteiger partial charge in [0.15, 0.2) is 0 Å². The van der Waals surface area contributed by atoms with Crippen LogP contribution in [0.1, 0.15) is 40.7 Å². The van der Waals surface area contributed by atoms with Crippen LogP contribution in [0.2, 0.25) is 0 Å². The predicted octanol–water partition coefficient (Wildman–Crippen LogP) is 3.84. The van der Waals surface area contributed by atoms with Crippen LogP contribution in [0.25, 0.3) is 0 Å². The number of carbonyl (C=O) groups is 1. The van der Waals surface area contributed by atoms with E-state index < -0.39 is 0 Å². The number of likely N-dealkylation sites (tertiary alicyclic amines) is 1. The summed E-state index contributed by atoms with van der Waals surface area (Å²) in [4.78, 5) is 14.2. The highest BCUT2D eigenvalue weighted by molar-refractivity contribution is 5.89. The highest BCUT2D eigenvalue weighted by atomic mass is 16.5. The Morgan fingerprint density at radius 2 is 1.82 bits per heavy atom. The van der Waals surface area contributed by atoms with Gasteiger partial charge in [0.2, 0.25) is 0 Å². The Morgan fingerprint density at radius 3 is 2.50 bits per heavy atom. The van der Waals surface area contributed by atoms with Crippen LogP contribution in [0.3, 0.4) is 0 Å². The molecule has 2 aliphatic rings. The summed E-state index contributed by atoms with van der Waals surface area (Å²) in [5.41, 5.74) is 2.93. The number of carbonyl (C=O) groups excluding carboxylic acids is 1. The lowest BCUT2D eigenvalue weighted by molar-refractivity contribution is -0.0163. The minimum absolute atomic E-state index is 0.0732.